The summed E-state index contributed by atoms with van der Waals surface area (Å²) in [6.07, 6.45) is 5.93. The van der Waals surface area contributed by atoms with E-state index in [-0.39, 0.29) is 48.9 Å². The smallest absolute Gasteiger partial charge is 0.258 e. The van der Waals surface area contributed by atoms with Gasteiger partial charge in [-0.3, -0.25) is 14.4 Å². The molecule has 1 fully saturated rings. The van der Waals surface area contributed by atoms with Gasteiger partial charge in [0.1, 0.15) is 19.5 Å². The minimum absolute atomic E-state index is 0. The highest BCUT2D eigenvalue weighted by atomic mass is 79.9. The Morgan fingerprint density at radius 2 is 1.09 bits per heavy atom. The summed E-state index contributed by atoms with van der Waals surface area (Å²) in [4.78, 5) is 39.7. The van der Waals surface area contributed by atoms with E-state index in [1.54, 1.807) is 0 Å². The first-order valence-corrected chi connectivity index (χ1v) is 37.3. The van der Waals surface area contributed by atoms with Crippen molar-refractivity contribution in [3.05, 3.63) is 139 Å². The number of carbonyl (C=O) groups excluding carboxylic acids is 3. The number of amides is 3. The number of benzene rings is 4. The Hall–Kier alpha value is -4.80. The topological polar surface area (TPSA) is 167 Å². The van der Waals surface area contributed by atoms with Gasteiger partial charge in [0.05, 0.1) is 17.4 Å². The molecular formula is C62H82Br2ClFN8O5Si2. The molecule has 0 spiro atoms. The van der Waals surface area contributed by atoms with E-state index in [4.69, 9.17) is 25.4 Å². The van der Waals surface area contributed by atoms with Crippen molar-refractivity contribution in [2.75, 3.05) is 23.8 Å². The maximum atomic E-state index is 14.7. The second-order valence-corrected chi connectivity index (χ2v) is 37.6. The number of alkyl halides is 1. The van der Waals surface area contributed by atoms with Crippen LogP contribution in [0.3, 0.4) is 0 Å². The molecule has 0 bridgehead atoms. The van der Waals surface area contributed by atoms with Crippen molar-refractivity contribution in [3.8, 4) is 22.3 Å². The van der Waals surface area contributed by atoms with E-state index in [1.165, 1.54) is 11.1 Å². The van der Waals surface area contributed by atoms with Gasteiger partial charge in [-0.05, 0) is 173 Å². The van der Waals surface area contributed by atoms with Crippen LogP contribution in [0.15, 0.2) is 93.9 Å². The van der Waals surface area contributed by atoms with E-state index in [2.05, 4.69) is 118 Å². The lowest BCUT2D eigenvalue weighted by molar-refractivity contribution is -0.131. The maximum Gasteiger partial charge on any atom is 0.258 e. The normalized spacial score (nSPS) is 17.1. The van der Waals surface area contributed by atoms with Gasteiger partial charge < -0.3 is 31.2 Å². The van der Waals surface area contributed by atoms with Gasteiger partial charge in [-0.15, -0.1) is 12.4 Å². The molecule has 3 aliphatic carbocycles. The van der Waals surface area contributed by atoms with Crippen LogP contribution >= 0.6 is 44.3 Å². The molecule has 2 heterocycles. The molecule has 6 aromatic rings. The molecule has 4 atom stereocenters. The molecule has 0 saturated heterocycles. The molecule has 13 nitrogen and oxygen atoms in total. The van der Waals surface area contributed by atoms with Gasteiger partial charge in [-0.25, -0.2) is 13.8 Å². The lowest BCUT2D eigenvalue weighted by Gasteiger charge is -2.32. The van der Waals surface area contributed by atoms with Crippen molar-refractivity contribution in [3.63, 3.8) is 0 Å². The number of aryl methyl sites for hydroxylation is 4. The van der Waals surface area contributed by atoms with Gasteiger partial charge in [-0.2, -0.15) is 10.2 Å². The lowest BCUT2D eigenvalue weighted by atomic mass is 9.78. The number of ether oxygens (including phenoxy) is 2. The number of nitrogens with two attached hydrogens (primary N) is 1. The number of carbonyl (C=O) groups is 3. The molecule has 436 valence electrons. The van der Waals surface area contributed by atoms with Gasteiger partial charge in [0.15, 0.2) is 5.67 Å². The predicted molar refractivity (Wildman–Crippen MR) is 340 cm³/mol. The van der Waals surface area contributed by atoms with Crippen LogP contribution in [0.2, 0.25) is 51.4 Å². The zero-order valence-corrected chi connectivity index (χ0v) is 54.7. The van der Waals surface area contributed by atoms with E-state index in [0.29, 0.717) is 19.1 Å². The average molecular weight is 1290 g/mol. The quantitative estimate of drug-likeness (QED) is 0.0433. The number of halogens is 4. The highest BCUT2D eigenvalue weighted by Gasteiger charge is 2.52. The molecule has 81 heavy (non-hydrogen) atoms. The third kappa shape index (κ3) is 16.5. The van der Waals surface area contributed by atoms with Crippen molar-refractivity contribution in [1.82, 2.24) is 24.9 Å². The van der Waals surface area contributed by atoms with Crippen LogP contribution in [0.5, 0.6) is 0 Å². The van der Waals surface area contributed by atoms with Crippen LogP contribution in [-0.2, 0) is 50.2 Å². The number of nitrogens with zero attached hydrogens (tertiary/aromatic N) is 4. The molecule has 4 aromatic carbocycles. The monoisotopic (exact) mass is 1290 g/mol. The molecule has 5 N–H and O–H groups in total. The average Bonchev–Trinajstić information content (AvgIpc) is 4.03. The van der Waals surface area contributed by atoms with Crippen molar-refractivity contribution in [2.24, 2.45) is 5.73 Å². The van der Waals surface area contributed by atoms with E-state index < -0.39 is 39.8 Å². The van der Waals surface area contributed by atoms with Crippen molar-refractivity contribution < 1.29 is 28.2 Å². The predicted octanol–water partition coefficient (Wildman–Crippen LogP) is 14.3. The van der Waals surface area contributed by atoms with E-state index in [1.807, 2.05) is 90.8 Å². The number of hydrogen-bond donors (Lipinski definition) is 4. The lowest BCUT2D eigenvalue weighted by Crippen LogP contribution is -2.51. The number of anilines is 2. The first-order chi connectivity index (χ1) is 37.9. The highest BCUT2D eigenvalue weighted by Crippen LogP contribution is 2.42. The molecular weight excluding hydrogens is 1210 g/mol. The SMILES string of the molecule is Cc1nn(COCC[Si](C)(C)C)c(C)c1-c1ccc(NC(=O)[C@@H](N)[C@@H]2CCCc3ccc(Br)cc32)cc1.Cc1nn(COCC[Si](C)(C)C)c(C)c1-c1ccc(NC(=O)[C@@H](NC(=O)C2(F)CC2)[C@@H]2CCCc3ccc(Br)cc32)cc1.Cl. The fraction of sp³-hybridized carbons (Fsp3) is 0.468. The summed E-state index contributed by atoms with van der Waals surface area (Å²) in [7, 11) is -2.27. The molecule has 1 saturated carbocycles. The van der Waals surface area contributed by atoms with Crippen LogP contribution in [0.1, 0.15) is 95.4 Å². The Labute approximate surface area is 503 Å². The van der Waals surface area contributed by atoms with Crippen molar-refractivity contribution in [2.45, 2.75) is 173 Å². The fourth-order valence-corrected chi connectivity index (χ4v) is 13.2. The highest BCUT2D eigenvalue weighted by molar-refractivity contribution is 9.10. The Morgan fingerprint density at radius 1 is 0.667 bits per heavy atom. The summed E-state index contributed by atoms with van der Waals surface area (Å²) in [5, 5.41) is 18.2. The Bertz CT molecular complexity index is 3170. The second-order valence-electron chi connectivity index (χ2n) is 24.5. The number of nitrogens with one attached hydrogen (secondary N) is 3. The van der Waals surface area contributed by atoms with Crippen LogP contribution < -0.4 is 21.7 Å². The fourth-order valence-electron chi connectivity index (χ4n) is 10.9. The summed E-state index contributed by atoms with van der Waals surface area (Å²) < 4.78 is 32.3. The van der Waals surface area contributed by atoms with Gasteiger partial charge in [0.2, 0.25) is 11.8 Å². The standard InChI is InChI=1S/C33H42BrFN4O3Si.C29H39BrN4O2Si.ClH/c1-21-29(22(2)39(38-21)20-42-17-18-43(3,4)5)24-10-13-26(14-11-24)36-31(40)30(37-32(41)33(35)15-16-33)27-8-6-7-23-9-12-25(34)19-28(23)27;1-19-27(20(2)34(33-19)18-36-15-16-37(3,4)5)22-10-13-24(14-11-22)32-29(35)28(31)25-8-6-7-21-9-12-23(30)17-26(21)25;/h9-14,19,27,30H,6-8,15-18,20H2,1-5H3,(H,36,40)(H,37,41);9-14,17,25,28H,6-8,15-16,18,31H2,1-5H3,(H,32,35);1H/t27-,30+;25-,28+;/m11./s1. The minimum Gasteiger partial charge on any atom is -0.360 e. The molecule has 3 amide bonds. The molecule has 0 unspecified atom stereocenters. The van der Waals surface area contributed by atoms with Crippen molar-refractivity contribution >= 4 is 89.5 Å². The number of fused-ring (bicyclic) bond motifs is 2. The van der Waals surface area contributed by atoms with E-state index in [0.717, 1.165) is 135 Å². The van der Waals surface area contributed by atoms with Crippen LogP contribution in [0.4, 0.5) is 15.8 Å². The third-order valence-corrected chi connectivity index (χ3v) is 20.2. The van der Waals surface area contributed by atoms with Gasteiger partial charge >= 0.3 is 0 Å². The molecule has 0 aliphatic heterocycles. The number of hydrogen-bond acceptors (Lipinski definition) is 8. The summed E-state index contributed by atoms with van der Waals surface area (Å²) in [6.45, 7) is 24.6. The van der Waals surface area contributed by atoms with E-state index >= 15 is 0 Å². The van der Waals surface area contributed by atoms with Crippen LogP contribution in [-0.4, -0.2) is 84.4 Å². The molecule has 9 rings (SSSR count). The van der Waals surface area contributed by atoms with Crippen LogP contribution in [0, 0.1) is 27.7 Å². The first-order valence-electron chi connectivity index (χ1n) is 28.3. The number of rotatable bonds is 20. The Morgan fingerprint density at radius 3 is 1.52 bits per heavy atom. The second kappa shape index (κ2) is 27.3. The minimum atomic E-state index is -1.87. The maximum absolute atomic E-state index is 14.7. The van der Waals surface area contributed by atoms with Crippen molar-refractivity contribution in [1.29, 1.82) is 0 Å². The third-order valence-electron chi connectivity index (χ3n) is 15.8. The zero-order chi connectivity index (χ0) is 57.7. The zero-order valence-electron chi connectivity index (χ0n) is 48.7. The first kappa shape index (κ1) is 63.8. The number of aromatic nitrogens is 4. The summed E-state index contributed by atoms with van der Waals surface area (Å²) in [5.41, 5.74) is 18.8. The van der Waals surface area contributed by atoms with Crippen LogP contribution in [0.25, 0.3) is 22.3 Å². The Kier molecular flexibility index (Phi) is 21.5. The molecule has 2 aromatic heterocycles. The molecule has 19 heteroatoms. The molecule has 3 aliphatic rings. The van der Waals surface area contributed by atoms with Gasteiger partial charge in [0.25, 0.3) is 5.91 Å². The van der Waals surface area contributed by atoms with Gasteiger partial charge in [-0.1, -0.05) is 108 Å². The summed E-state index contributed by atoms with van der Waals surface area (Å²) in [5.74, 6) is -1.43. The van der Waals surface area contributed by atoms with E-state index in [9.17, 15) is 18.8 Å². The van der Waals surface area contributed by atoms with Gasteiger partial charge in [0, 0.05) is 84.0 Å². The molecule has 0 radical (unpaired) electrons. The summed E-state index contributed by atoms with van der Waals surface area (Å²) in [6, 6.07) is 28.7. The largest absolute Gasteiger partial charge is 0.360 e. The summed E-state index contributed by atoms with van der Waals surface area (Å²) >= 11 is 7.12. The Balaban J connectivity index is 0.000000233.